The minimum atomic E-state index is -0.372. The zero-order valence-corrected chi connectivity index (χ0v) is 15.7. The summed E-state index contributed by atoms with van der Waals surface area (Å²) in [6.07, 6.45) is 0. The summed E-state index contributed by atoms with van der Waals surface area (Å²) in [5.41, 5.74) is 2.49. The number of hydrogen-bond donors (Lipinski definition) is 1. The van der Waals surface area contributed by atoms with Gasteiger partial charge in [0, 0.05) is 32.7 Å². The van der Waals surface area contributed by atoms with E-state index < -0.39 is 0 Å². The molecule has 2 aromatic carbocycles. The van der Waals surface area contributed by atoms with Gasteiger partial charge in [0.2, 0.25) is 0 Å². The molecule has 0 bridgehead atoms. The Labute approximate surface area is 159 Å². The van der Waals surface area contributed by atoms with E-state index in [-0.39, 0.29) is 5.97 Å². The Morgan fingerprint density at radius 3 is 2.38 bits per heavy atom. The van der Waals surface area contributed by atoms with Crippen LogP contribution < -0.4 is 5.32 Å². The number of nitrogens with one attached hydrogen (secondary N) is 1. The summed E-state index contributed by atoms with van der Waals surface area (Å²) < 4.78 is 4.83. The Morgan fingerprint density at radius 1 is 1.04 bits per heavy atom. The van der Waals surface area contributed by atoms with Crippen LogP contribution in [0.25, 0.3) is 0 Å². The molecule has 1 aliphatic heterocycles. The fourth-order valence-electron chi connectivity index (χ4n) is 3.03. The average molecular weight is 369 g/mol. The molecule has 1 saturated heterocycles. The summed E-state index contributed by atoms with van der Waals surface area (Å²) in [5.74, 6) is -0.372. The first-order valence-electron chi connectivity index (χ1n) is 8.67. The van der Waals surface area contributed by atoms with Gasteiger partial charge < -0.3 is 15.0 Å². The van der Waals surface area contributed by atoms with Gasteiger partial charge in [-0.25, -0.2) is 4.79 Å². The molecule has 0 atom stereocenters. The lowest BCUT2D eigenvalue weighted by Gasteiger charge is -2.36. The summed E-state index contributed by atoms with van der Waals surface area (Å²) in [7, 11) is 1.38. The molecule has 1 heterocycles. The SMILES string of the molecule is COC(=O)c1ccccc1NC(=S)N1CCN(Cc2ccccc2)CC1. The quantitative estimate of drug-likeness (QED) is 0.660. The Morgan fingerprint density at radius 2 is 1.69 bits per heavy atom. The molecule has 2 aromatic rings. The van der Waals surface area contributed by atoms with E-state index in [9.17, 15) is 4.79 Å². The third-order valence-corrected chi connectivity index (χ3v) is 4.84. The highest BCUT2D eigenvalue weighted by Gasteiger charge is 2.20. The summed E-state index contributed by atoms with van der Waals surface area (Å²) in [5, 5.41) is 3.84. The normalized spacial score (nSPS) is 14.7. The van der Waals surface area contributed by atoms with Gasteiger partial charge in [-0.1, -0.05) is 42.5 Å². The van der Waals surface area contributed by atoms with E-state index in [1.165, 1.54) is 12.7 Å². The summed E-state index contributed by atoms with van der Waals surface area (Å²) >= 11 is 5.55. The van der Waals surface area contributed by atoms with E-state index in [0.29, 0.717) is 16.4 Å². The molecular weight excluding hydrogens is 346 g/mol. The molecule has 3 rings (SSSR count). The van der Waals surface area contributed by atoms with E-state index in [0.717, 1.165) is 32.7 Å². The highest BCUT2D eigenvalue weighted by atomic mass is 32.1. The smallest absolute Gasteiger partial charge is 0.339 e. The maximum absolute atomic E-state index is 11.9. The van der Waals surface area contributed by atoms with E-state index in [1.807, 2.05) is 24.3 Å². The van der Waals surface area contributed by atoms with Crippen LogP contribution in [0.3, 0.4) is 0 Å². The van der Waals surface area contributed by atoms with E-state index in [4.69, 9.17) is 17.0 Å². The fraction of sp³-hybridized carbons (Fsp3) is 0.300. The largest absolute Gasteiger partial charge is 0.465 e. The molecule has 0 unspecified atom stereocenters. The zero-order valence-electron chi connectivity index (χ0n) is 14.9. The standard InChI is InChI=1S/C20H23N3O2S/c1-25-19(24)17-9-5-6-10-18(17)21-20(26)23-13-11-22(12-14-23)15-16-7-3-2-4-8-16/h2-10H,11-15H2,1H3,(H,21,26). The third kappa shape index (κ3) is 4.59. The second-order valence-electron chi connectivity index (χ2n) is 6.22. The molecule has 1 aliphatic rings. The number of piperazine rings is 1. The van der Waals surface area contributed by atoms with Crippen molar-refractivity contribution in [3.63, 3.8) is 0 Å². The number of carbonyl (C=O) groups excluding carboxylic acids is 1. The monoisotopic (exact) mass is 369 g/mol. The predicted molar refractivity (Wildman–Crippen MR) is 107 cm³/mol. The number of carbonyl (C=O) groups is 1. The number of esters is 1. The molecule has 5 nitrogen and oxygen atoms in total. The van der Waals surface area contributed by atoms with Crippen LogP contribution in [0.4, 0.5) is 5.69 Å². The lowest BCUT2D eigenvalue weighted by Crippen LogP contribution is -2.49. The fourth-order valence-corrected chi connectivity index (χ4v) is 3.32. The second-order valence-corrected chi connectivity index (χ2v) is 6.60. The van der Waals surface area contributed by atoms with Crippen LogP contribution >= 0.6 is 12.2 Å². The topological polar surface area (TPSA) is 44.8 Å². The molecule has 0 aromatic heterocycles. The molecule has 0 saturated carbocycles. The average Bonchev–Trinajstić information content (AvgIpc) is 2.69. The summed E-state index contributed by atoms with van der Waals surface area (Å²) in [6.45, 7) is 4.59. The van der Waals surface area contributed by atoms with Gasteiger partial charge in [-0.3, -0.25) is 4.90 Å². The Hall–Kier alpha value is -2.44. The molecular formula is C20H23N3O2S. The van der Waals surface area contributed by atoms with Gasteiger partial charge in [-0.15, -0.1) is 0 Å². The van der Waals surface area contributed by atoms with Gasteiger partial charge in [0.25, 0.3) is 0 Å². The van der Waals surface area contributed by atoms with Crippen molar-refractivity contribution in [2.24, 2.45) is 0 Å². The molecule has 136 valence electrons. The van der Waals surface area contributed by atoms with Gasteiger partial charge in [-0.05, 0) is 29.9 Å². The van der Waals surface area contributed by atoms with Crippen LogP contribution in [0.1, 0.15) is 15.9 Å². The van der Waals surface area contributed by atoms with Crippen molar-refractivity contribution in [2.75, 3.05) is 38.6 Å². The van der Waals surface area contributed by atoms with Crippen LogP contribution in [-0.2, 0) is 11.3 Å². The van der Waals surface area contributed by atoms with Crippen molar-refractivity contribution in [1.29, 1.82) is 0 Å². The van der Waals surface area contributed by atoms with Gasteiger partial charge in [0.1, 0.15) is 0 Å². The number of methoxy groups -OCH3 is 1. The molecule has 0 spiro atoms. The van der Waals surface area contributed by atoms with Crippen LogP contribution in [-0.4, -0.2) is 54.2 Å². The second kappa shape index (κ2) is 8.78. The highest BCUT2D eigenvalue weighted by Crippen LogP contribution is 2.17. The molecule has 26 heavy (non-hydrogen) atoms. The predicted octanol–water partition coefficient (Wildman–Crippen LogP) is 2.99. The lowest BCUT2D eigenvalue weighted by atomic mass is 10.2. The molecule has 0 amide bonds. The van der Waals surface area contributed by atoms with Crippen molar-refractivity contribution >= 4 is 29.0 Å². The van der Waals surface area contributed by atoms with Gasteiger partial charge in [-0.2, -0.15) is 0 Å². The number of anilines is 1. The lowest BCUT2D eigenvalue weighted by molar-refractivity contribution is 0.0602. The Balaban J connectivity index is 1.55. The first kappa shape index (κ1) is 18.4. The minimum Gasteiger partial charge on any atom is -0.465 e. The summed E-state index contributed by atoms with van der Waals surface area (Å²) in [4.78, 5) is 16.5. The van der Waals surface area contributed by atoms with Gasteiger partial charge in [0.05, 0.1) is 18.4 Å². The molecule has 1 fully saturated rings. The minimum absolute atomic E-state index is 0.372. The number of para-hydroxylation sites is 1. The van der Waals surface area contributed by atoms with Crippen molar-refractivity contribution < 1.29 is 9.53 Å². The maximum atomic E-state index is 11.9. The third-order valence-electron chi connectivity index (χ3n) is 4.48. The molecule has 0 aliphatic carbocycles. The van der Waals surface area contributed by atoms with Crippen molar-refractivity contribution in [3.8, 4) is 0 Å². The van der Waals surface area contributed by atoms with Crippen LogP contribution in [0.5, 0.6) is 0 Å². The first-order valence-corrected chi connectivity index (χ1v) is 9.08. The molecule has 0 radical (unpaired) electrons. The zero-order chi connectivity index (χ0) is 18.4. The van der Waals surface area contributed by atoms with E-state index >= 15 is 0 Å². The number of benzene rings is 2. The number of hydrogen-bond acceptors (Lipinski definition) is 4. The van der Waals surface area contributed by atoms with E-state index in [2.05, 4.69) is 39.4 Å². The number of nitrogens with zero attached hydrogens (tertiary/aromatic N) is 2. The first-order chi connectivity index (χ1) is 12.7. The Kier molecular flexibility index (Phi) is 6.20. The van der Waals surface area contributed by atoms with Gasteiger partial charge in [0.15, 0.2) is 5.11 Å². The number of ether oxygens (including phenoxy) is 1. The van der Waals surface area contributed by atoms with Crippen LogP contribution in [0.2, 0.25) is 0 Å². The molecule has 1 N–H and O–H groups in total. The van der Waals surface area contributed by atoms with Crippen molar-refractivity contribution in [1.82, 2.24) is 9.80 Å². The highest BCUT2D eigenvalue weighted by molar-refractivity contribution is 7.80. The van der Waals surface area contributed by atoms with Gasteiger partial charge >= 0.3 is 5.97 Å². The van der Waals surface area contributed by atoms with E-state index in [1.54, 1.807) is 6.07 Å². The van der Waals surface area contributed by atoms with Crippen molar-refractivity contribution in [3.05, 3.63) is 65.7 Å². The van der Waals surface area contributed by atoms with Crippen molar-refractivity contribution in [2.45, 2.75) is 6.54 Å². The Bertz CT molecular complexity index is 759. The number of rotatable bonds is 4. The molecule has 6 heteroatoms. The number of thiocarbonyl (C=S) groups is 1. The maximum Gasteiger partial charge on any atom is 0.339 e. The van der Waals surface area contributed by atoms with Crippen LogP contribution in [0.15, 0.2) is 54.6 Å². The van der Waals surface area contributed by atoms with Crippen LogP contribution in [0, 0.1) is 0 Å². The summed E-state index contributed by atoms with van der Waals surface area (Å²) in [6, 6.07) is 17.7.